The summed E-state index contributed by atoms with van der Waals surface area (Å²) in [5, 5.41) is 10.4. The van der Waals surface area contributed by atoms with Crippen molar-refractivity contribution < 1.29 is 0 Å². The number of anilines is 1. The molecule has 4 nitrogen and oxygen atoms in total. The maximum Gasteiger partial charge on any atom is 0.144 e. The highest BCUT2D eigenvalue weighted by Crippen LogP contribution is 2.37. The third kappa shape index (κ3) is 2.71. The molecule has 4 rings (SSSR count). The molecule has 0 fully saturated rings. The molecule has 2 heterocycles. The summed E-state index contributed by atoms with van der Waals surface area (Å²) in [6, 6.07) is 24.0. The minimum Gasteiger partial charge on any atom is -0.382 e. The SMILES string of the molecule is N#Cc1c(N)nc(Br)c2c(-c3ccccc3)cc(-c3ccccc3)nc12. The zero-order chi connectivity index (χ0) is 18.1. The number of nitrogens with zero attached hydrogens (tertiary/aromatic N) is 3. The summed E-state index contributed by atoms with van der Waals surface area (Å²) in [5.74, 6) is 0.170. The van der Waals surface area contributed by atoms with Crippen molar-refractivity contribution in [1.82, 2.24) is 9.97 Å². The number of benzene rings is 2. The van der Waals surface area contributed by atoms with Crippen molar-refractivity contribution in [1.29, 1.82) is 5.26 Å². The normalized spacial score (nSPS) is 10.6. The van der Waals surface area contributed by atoms with Gasteiger partial charge in [0.1, 0.15) is 22.1 Å². The number of nitrogen functional groups attached to an aromatic ring is 1. The van der Waals surface area contributed by atoms with Gasteiger partial charge in [-0.15, -0.1) is 0 Å². The largest absolute Gasteiger partial charge is 0.382 e. The van der Waals surface area contributed by atoms with Crippen molar-refractivity contribution in [3.05, 3.63) is 76.9 Å². The maximum absolute atomic E-state index is 9.60. The fourth-order valence-electron chi connectivity index (χ4n) is 2.99. The van der Waals surface area contributed by atoms with Gasteiger partial charge in [-0.05, 0) is 33.1 Å². The maximum atomic E-state index is 9.60. The van der Waals surface area contributed by atoms with Gasteiger partial charge in [0, 0.05) is 10.9 Å². The number of rotatable bonds is 2. The van der Waals surface area contributed by atoms with Gasteiger partial charge < -0.3 is 5.73 Å². The van der Waals surface area contributed by atoms with Crippen LogP contribution in [0.2, 0.25) is 0 Å². The highest BCUT2D eigenvalue weighted by atomic mass is 79.9. The molecular weight excluding hydrogens is 388 g/mol. The summed E-state index contributed by atoms with van der Waals surface area (Å²) >= 11 is 3.50. The number of nitrogens with two attached hydrogens (primary N) is 1. The van der Waals surface area contributed by atoms with Crippen LogP contribution < -0.4 is 5.73 Å². The van der Waals surface area contributed by atoms with E-state index in [1.807, 2.05) is 66.7 Å². The van der Waals surface area contributed by atoms with Crippen LogP contribution in [0.1, 0.15) is 5.56 Å². The molecule has 2 aromatic heterocycles. The molecule has 26 heavy (non-hydrogen) atoms. The molecule has 0 spiro atoms. The van der Waals surface area contributed by atoms with E-state index in [9.17, 15) is 5.26 Å². The van der Waals surface area contributed by atoms with Crippen LogP contribution >= 0.6 is 15.9 Å². The fraction of sp³-hybridized carbons (Fsp3) is 0. The molecule has 4 aromatic rings. The molecule has 2 N–H and O–H groups in total. The molecule has 0 aliphatic heterocycles. The Bertz CT molecular complexity index is 1150. The first-order valence-electron chi connectivity index (χ1n) is 7.99. The molecule has 5 heteroatoms. The molecule has 0 atom stereocenters. The second-order valence-corrected chi connectivity index (χ2v) is 6.54. The van der Waals surface area contributed by atoms with Crippen molar-refractivity contribution >= 4 is 32.7 Å². The first-order chi connectivity index (χ1) is 12.7. The zero-order valence-corrected chi connectivity index (χ0v) is 15.2. The van der Waals surface area contributed by atoms with Gasteiger partial charge in [-0.1, -0.05) is 60.7 Å². The predicted molar refractivity (Wildman–Crippen MR) is 107 cm³/mol. The molecule has 0 amide bonds. The molecule has 0 radical (unpaired) electrons. The van der Waals surface area contributed by atoms with Crippen LogP contribution in [0.5, 0.6) is 0 Å². The van der Waals surface area contributed by atoms with Gasteiger partial charge in [-0.25, -0.2) is 9.97 Å². The monoisotopic (exact) mass is 400 g/mol. The van der Waals surface area contributed by atoms with E-state index in [2.05, 4.69) is 27.0 Å². The van der Waals surface area contributed by atoms with Crippen LogP contribution in [0.25, 0.3) is 33.3 Å². The molecule has 0 bridgehead atoms. The van der Waals surface area contributed by atoms with Gasteiger partial charge in [-0.2, -0.15) is 5.26 Å². The Kier molecular flexibility index (Phi) is 4.11. The Morgan fingerprint density at radius 1 is 0.885 bits per heavy atom. The summed E-state index contributed by atoms with van der Waals surface area (Å²) < 4.78 is 0.579. The number of pyridine rings is 2. The molecular formula is C21H13BrN4. The highest BCUT2D eigenvalue weighted by Gasteiger charge is 2.18. The van der Waals surface area contributed by atoms with Crippen molar-refractivity contribution in [2.45, 2.75) is 0 Å². The van der Waals surface area contributed by atoms with Gasteiger partial charge in [0.05, 0.1) is 11.2 Å². The standard InChI is InChI=1S/C21H13BrN4/c22-20-18-15(13-7-3-1-4-8-13)11-17(14-9-5-2-6-10-14)25-19(18)16(12-23)21(24)26-20/h1-11H,(H2,24,26). The van der Waals surface area contributed by atoms with E-state index in [0.29, 0.717) is 10.1 Å². The van der Waals surface area contributed by atoms with Crippen molar-refractivity contribution in [2.24, 2.45) is 0 Å². The lowest BCUT2D eigenvalue weighted by atomic mass is 9.98. The van der Waals surface area contributed by atoms with Crippen LogP contribution in [-0.2, 0) is 0 Å². The number of fused-ring (bicyclic) bond motifs is 1. The number of aromatic nitrogens is 2. The average Bonchev–Trinajstić information content (AvgIpc) is 2.68. The molecule has 2 aromatic carbocycles. The van der Waals surface area contributed by atoms with Crippen molar-refractivity contribution in [2.75, 3.05) is 5.73 Å². The minimum absolute atomic E-state index is 0.170. The van der Waals surface area contributed by atoms with E-state index < -0.39 is 0 Å². The molecule has 0 unspecified atom stereocenters. The Labute approximate surface area is 159 Å². The van der Waals surface area contributed by atoms with E-state index in [1.54, 1.807) is 0 Å². The number of nitriles is 1. The smallest absolute Gasteiger partial charge is 0.144 e. The van der Waals surface area contributed by atoms with E-state index >= 15 is 0 Å². The third-order valence-corrected chi connectivity index (χ3v) is 4.78. The lowest BCUT2D eigenvalue weighted by molar-refractivity contribution is 1.27. The van der Waals surface area contributed by atoms with E-state index in [0.717, 1.165) is 27.8 Å². The van der Waals surface area contributed by atoms with E-state index in [4.69, 9.17) is 10.7 Å². The van der Waals surface area contributed by atoms with E-state index in [-0.39, 0.29) is 11.4 Å². The Morgan fingerprint density at radius 3 is 2.12 bits per heavy atom. The first kappa shape index (κ1) is 16.2. The van der Waals surface area contributed by atoms with Crippen LogP contribution in [-0.4, -0.2) is 9.97 Å². The van der Waals surface area contributed by atoms with Gasteiger partial charge >= 0.3 is 0 Å². The van der Waals surface area contributed by atoms with Crippen LogP contribution in [0.3, 0.4) is 0 Å². The average molecular weight is 401 g/mol. The second-order valence-electron chi connectivity index (χ2n) is 5.79. The van der Waals surface area contributed by atoms with E-state index in [1.165, 1.54) is 0 Å². The summed E-state index contributed by atoms with van der Waals surface area (Å²) in [7, 11) is 0. The van der Waals surface area contributed by atoms with Crippen molar-refractivity contribution in [3.8, 4) is 28.5 Å². The second kappa shape index (κ2) is 6.58. The molecule has 0 aliphatic rings. The lowest BCUT2D eigenvalue weighted by Crippen LogP contribution is -2.01. The van der Waals surface area contributed by atoms with Gasteiger partial charge in [-0.3, -0.25) is 0 Å². The molecule has 124 valence electrons. The zero-order valence-electron chi connectivity index (χ0n) is 13.6. The van der Waals surface area contributed by atoms with Gasteiger partial charge in [0.2, 0.25) is 0 Å². The Morgan fingerprint density at radius 2 is 1.50 bits per heavy atom. The predicted octanol–water partition coefficient (Wildman–Crippen LogP) is 5.18. The third-order valence-electron chi connectivity index (χ3n) is 4.20. The van der Waals surface area contributed by atoms with Gasteiger partial charge in [0.25, 0.3) is 0 Å². The summed E-state index contributed by atoms with van der Waals surface area (Å²) in [6.07, 6.45) is 0. The summed E-state index contributed by atoms with van der Waals surface area (Å²) in [4.78, 5) is 9.04. The van der Waals surface area contributed by atoms with Crippen LogP contribution in [0.15, 0.2) is 71.3 Å². The fourth-order valence-corrected chi connectivity index (χ4v) is 3.58. The summed E-state index contributed by atoms with van der Waals surface area (Å²) in [5.41, 5.74) is 10.5. The number of halogens is 1. The quantitative estimate of drug-likeness (QED) is 0.470. The van der Waals surface area contributed by atoms with Gasteiger partial charge in [0.15, 0.2) is 0 Å². The Balaban J connectivity index is 2.16. The highest BCUT2D eigenvalue weighted by molar-refractivity contribution is 9.10. The van der Waals surface area contributed by atoms with Crippen LogP contribution in [0, 0.1) is 11.3 Å². The lowest BCUT2D eigenvalue weighted by Gasteiger charge is -2.13. The Hall–Kier alpha value is -3.23. The molecule has 0 saturated heterocycles. The number of hydrogen-bond donors (Lipinski definition) is 1. The van der Waals surface area contributed by atoms with Crippen molar-refractivity contribution in [3.63, 3.8) is 0 Å². The van der Waals surface area contributed by atoms with Crippen LogP contribution in [0.4, 0.5) is 5.82 Å². The first-order valence-corrected chi connectivity index (χ1v) is 8.79. The molecule has 0 aliphatic carbocycles. The number of hydrogen-bond acceptors (Lipinski definition) is 4. The topological polar surface area (TPSA) is 75.6 Å². The summed E-state index contributed by atoms with van der Waals surface area (Å²) in [6.45, 7) is 0. The molecule has 0 saturated carbocycles. The minimum atomic E-state index is 0.170.